The molecule has 162 valence electrons. The van der Waals surface area contributed by atoms with E-state index in [0.29, 0.717) is 29.2 Å². The van der Waals surface area contributed by atoms with E-state index in [1.54, 1.807) is 35.7 Å². The summed E-state index contributed by atoms with van der Waals surface area (Å²) in [6, 6.07) is 17.1. The largest absolute Gasteiger partial charge is 0.352 e. The molecule has 0 saturated carbocycles. The van der Waals surface area contributed by atoms with Gasteiger partial charge in [-0.2, -0.15) is 0 Å². The number of hydrogen-bond donors (Lipinski definition) is 2. The van der Waals surface area contributed by atoms with Crippen LogP contribution in [-0.2, 0) is 21.1 Å². The summed E-state index contributed by atoms with van der Waals surface area (Å²) in [6.07, 6.45) is 0.540. The highest BCUT2D eigenvalue weighted by molar-refractivity contribution is 7.93. The van der Waals surface area contributed by atoms with E-state index < -0.39 is 15.7 Å². The first-order valence-electron chi connectivity index (χ1n) is 9.52. The van der Waals surface area contributed by atoms with Gasteiger partial charge in [0.2, 0.25) is 5.91 Å². The van der Waals surface area contributed by atoms with Gasteiger partial charge in [0.15, 0.2) is 9.84 Å². The molecule has 0 aliphatic heterocycles. The van der Waals surface area contributed by atoms with Crippen molar-refractivity contribution in [3.8, 4) is 0 Å². The second-order valence-electron chi connectivity index (χ2n) is 6.76. The van der Waals surface area contributed by atoms with Crippen LogP contribution in [0.25, 0.3) is 0 Å². The van der Waals surface area contributed by atoms with Crippen molar-refractivity contribution in [1.29, 1.82) is 0 Å². The smallest absolute Gasteiger partial charge is 0.251 e. The van der Waals surface area contributed by atoms with E-state index in [0.717, 1.165) is 16.9 Å². The van der Waals surface area contributed by atoms with Gasteiger partial charge in [0.25, 0.3) is 5.91 Å². The number of benzene rings is 2. The molecule has 0 radical (unpaired) electrons. The van der Waals surface area contributed by atoms with Gasteiger partial charge in [-0.1, -0.05) is 29.8 Å². The summed E-state index contributed by atoms with van der Waals surface area (Å²) >= 11 is 6.99. The molecule has 0 saturated heterocycles. The van der Waals surface area contributed by atoms with Crippen LogP contribution in [0.3, 0.4) is 0 Å². The topological polar surface area (TPSA) is 92.3 Å². The number of sulfone groups is 1. The molecule has 0 fully saturated rings. The van der Waals surface area contributed by atoms with Crippen LogP contribution < -0.4 is 10.6 Å². The lowest BCUT2D eigenvalue weighted by atomic mass is 10.1. The van der Waals surface area contributed by atoms with Crippen LogP contribution in [0.2, 0.25) is 5.02 Å². The summed E-state index contributed by atoms with van der Waals surface area (Å²) in [4.78, 5) is 24.3. The predicted octanol–water partition coefficient (Wildman–Crippen LogP) is 4.18. The number of anilines is 1. The van der Waals surface area contributed by atoms with Crippen LogP contribution >= 0.6 is 22.9 Å². The summed E-state index contributed by atoms with van der Waals surface area (Å²) in [5.41, 5.74) is 2.04. The average Bonchev–Trinajstić information content (AvgIpc) is 3.30. The third-order valence-corrected chi connectivity index (χ3v) is 7.90. The molecule has 31 heavy (non-hydrogen) atoms. The highest BCUT2D eigenvalue weighted by atomic mass is 35.5. The summed E-state index contributed by atoms with van der Waals surface area (Å²) in [5, 5.41) is 7.85. The fourth-order valence-corrected chi connectivity index (χ4v) is 5.29. The molecule has 0 bridgehead atoms. The highest BCUT2D eigenvalue weighted by Gasteiger charge is 2.17. The first-order valence-corrected chi connectivity index (χ1v) is 12.4. The van der Waals surface area contributed by atoms with E-state index in [9.17, 15) is 18.0 Å². The number of rotatable bonds is 9. The summed E-state index contributed by atoms with van der Waals surface area (Å²) in [7, 11) is -3.46. The number of carbonyl (C=O) groups is 2. The van der Waals surface area contributed by atoms with Crippen molar-refractivity contribution >= 4 is 50.3 Å². The maximum Gasteiger partial charge on any atom is 0.251 e. The van der Waals surface area contributed by atoms with Crippen LogP contribution in [0, 0.1) is 0 Å². The van der Waals surface area contributed by atoms with Crippen LogP contribution in [0.15, 0.2) is 70.3 Å². The number of hydrogen-bond acceptors (Lipinski definition) is 5. The van der Waals surface area contributed by atoms with E-state index >= 15 is 0 Å². The monoisotopic (exact) mass is 476 g/mol. The molecule has 2 amide bonds. The van der Waals surface area contributed by atoms with Gasteiger partial charge in [-0.25, -0.2) is 8.42 Å². The van der Waals surface area contributed by atoms with Gasteiger partial charge in [-0.15, -0.1) is 11.3 Å². The second-order valence-corrected chi connectivity index (χ2v) is 10.5. The van der Waals surface area contributed by atoms with Crippen LogP contribution in [0.5, 0.6) is 0 Å². The maximum absolute atomic E-state index is 12.3. The van der Waals surface area contributed by atoms with Gasteiger partial charge < -0.3 is 10.6 Å². The van der Waals surface area contributed by atoms with Crippen molar-refractivity contribution in [2.75, 3.05) is 17.6 Å². The number of amides is 2. The van der Waals surface area contributed by atoms with Crippen molar-refractivity contribution in [2.24, 2.45) is 0 Å². The molecule has 0 spiro atoms. The standard InChI is InChI=1S/C22H21ClN2O4S2/c23-18-7-3-16(4-8-18)11-13-24-22(27)17-5-9-19(10-6-17)25-20(26)12-15-31(28,29)21-2-1-14-30-21/h1-10,14H,11-13,15H2,(H,24,27)(H,25,26). The zero-order valence-electron chi connectivity index (χ0n) is 16.5. The molecule has 1 heterocycles. The van der Waals surface area contributed by atoms with Crippen molar-refractivity contribution in [3.63, 3.8) is 0 Å². The Bertz CT molecular complexity index is 1130. The Morgan fingerprint density at radius 3 is 2.32 bits per heavy atom. The van der Waals surface area contributed by atoms with Gasteiger partial charge >= 0.3 is 0 Å². The second kappa shape index (κ2) is 10.6. The minimum Gasteiger partial charge on any atom is -0.352 e. The molecule has 3 aromatic rings. The van der Waals surface area contributed by atoms with Gasteiger partial charge in [0.05, 0.1) is 5.75 Å². The first-order chi connectivity index (χ1) is 14.8. The summed E-state index contributed by atoms with van der Waals surface area (Å²) in [5.74, 6) is -0.873. The van der Waals surface area contributed by atoms with Crippen LogP contribution in [0.1, 0.15) is 22.3 Å². The van der Waals surface area contributed by atoms with Gasteiger partial charge in [-0.05, 0) is 59.8 Å². The lowest BCUT2D eigenvalue weighted by molar-refractivity contribution is -0.115. The van der Waals surface area contributed by atoms with Crippen molar-refractivity contribution < 1.29 is 18.0 Å². The molecule has 0 aliphatic rings. The average molecular weight is 477 g/mol. The number of thiophene rings is 1. The number of carbonyl (C=O) groups excluding carboxylic acids is 2. The molecule has 0 aliphatic carbocycles. The molecule has 3 rings (SSSR count). The van der Waals surface area contributed by atoms with Gasteiger partial charge in [0, 0.05) is 29.2 Å². The normalized spacial score (nSPS) is 11.1. The Balaban J connectivity index is 1.45. The number of nitrogens with one attached hydrogen (secondary N) is 2. The molecule has 9 heteroatoms. The molecule has 1 aromatic heterocycles. The van der Waals surface area contributed by atoms with Gasteiger partial charge in [-0.3, -0.25) is 9.59 Å². The molecule has 0 unspecified atom stereocenters. The third kappa shape index (κ3) is 6.92. The highest BCUT2D eigenvalue weighted by Crippen LogP contribution is 2.18. The summed E-state index contributed by atoms with van der Waals surface area (Å²) < 4.78 is 24.5. The van der Waals surface area contributed by atoms with E-state index in [4.69, 9.17) is 11.6 Å². The fraction of sp³-hybridized carbons (Fsp3) is 0.182. The predicted molar refractivity (Wildman–Crippen MR) is 124 cm³/mol. The Morgan fingerprint density at radius 2 is 1.68 bits per heavy atom. The van der Waals surface area contributed by atoms with E-state index in [-0.39, 0.29) is 22.3 Å². The lowest BCUT2D eigenvalue weighted by Gasteiger charge is -2.08. The van der Waals surface area contributed by atoms with Crippen LogP contribution in [-0.4, -0.2) is 32.5 Å². The zero-order chi connectivity index (χ0) is 22.3. The molecule has 6 nitrogen and oxygen atoms in total. The Hall–Kier alpha value is -2.68. The molecular weight excluding hydrogens is 456 g/mol. The maximum atomic E-state index is 12.3. The number of halogens is 1. The van der Waals surface area contributed by atoms with Crippen LogP contribution in [0.4, 0.5) is 5.69 Å². The lowest BCUT2D eigenvalue weighted by Crippen LogP contribution is -2.25. The fourth-order valence-electron chi connectivity index (χ4n) is 2.77. The minimum absolute atomic E-state index is 0.146. The first kappa shape index (κ1) is 23.0. The van der Waals surface area contributed by atoms with Gasteiger partial charge in [0.1, 0.15) is 4.21 Å². The minimum atomic E-state index is -3.46. The zero-order valence-corrected chi connectivity index (χ0v) is 18.9. The van der Waals surface area contributed by atoms with Crippen molar-refractivity contribution in [3.05, 3.63) is 82.2 Å². The molecular formula is C22H21ClN2O4S2. The molecule has 2 N–H and O–H groups in total. The Kier molecular flexibility index (Phi) is 7.84. The Labute approximate surface area is 190 Å². The quantitative estimate of drug-likeness (QED) is 0.484. The van der Waals surface area contributed by atoms with Crippen molar-refractivity contribution in [2.45, 2.75) is 17.1 Å². The molecule has 2 aromatic carbocycles. The SMILES string of the molecule is O=C(CCS(=O)(=O)c1cccs1)Nc1ccc(C(=O)NCCc2ccc(Cl)cc2)cc1. The van der Waals surface area contributed by atoms with E-state index in [1.165, 1.54) is 6.07 Å². The summed E-state index contributed by atoms with van der Waals surface area (Å²) in [6.45, 7) is 0.484. The van der Waals surface area contributed by atoms with E-state index in [1.807, 2.05) is 24.3 Å². The van der Waals surface area contributed by atoms with Crippen molar-refractivity contribution in [1.82, 2.24) is 5.32 Å². The van der Waals surface area contributed by atoms with E-state index in [2.05, 4.69) is 10.6 Å². The third-order valence-electron chi connectivity index (χ3n) is 4.44. The molecule has 0 atom stereocenters. The Morgan fingerprint density at radius 1 is 0.968 bits per heavy atom.